The average Bonchev–Trinajstić information content (AvgIpc) is 2.72. The lowest BCUT2D eigenvalue weighted by atomic mass is 10.1. The van der Waals surface area contributed by atoms with Crippen LogP contribution in [-0.4, -0.2) is 19.9 Å². The van der Waals surface area contributed by atoms with E-state index in [1.807, 2.05) is 29.7 Å². The van der Waals surface area contributed by atoms with E-state index in [9.17, 15) is 5.11 Å². The number of benzene rings is 1. The van der Waals surface area contributed by atoms with Crippen molar-refractivity contribution in [3.8, 4) is 11.4 Å². The van der Waals surface area contributed by atoms with Crippen LogP contribution in [0.5, 0.6) is 0 Å². The van der Waals surface area contributed by atoms with Crippen LogP contribution in [0.15, 0.2) is 24.3 Å². The van der Waals surface area contributed by atoms with Crippen molar-refractivity contribution in [2.45, 2.75) is 33.4 Å². The smallest absolute Gasteiger partial charge is 0.164 e. The third kappa shape index (κ3) is 2.22. The third-order valence-corrected chi connectivity index (χ3v) is 2.70. The van der Waals surface area contributed by atoms with E-state index in [0.29, 0.717) is 5.82 Å². The number of aryl methyl sites for hydroxylation is 1. The normalized spacial score (nSPS) is 11.1. The van der Waals surface area contributed by atoms with Crippen molar-refractivity contribution >= 4 is 0 Å². The predicted molar refractivity (Wildman–Crippen MR) is 66.5 cm³/mol. The van der Waals surface area contributed by atoms with Gasteiger partial charge in [-0.2, -0.15) is 0 Å². The van der Waals surface area contributed by atoms with Gasteiger partial charge in [0.2, 0.25) is 0 Å². The average molecular weight is 231 g/mol. The summed E-state index contributed by atoms with van der Waals surface area (Å²) in [7, 11) is 0. The molecule has 0 fully saturated rings. The lowest BCUT2D eigenvalue weighted by molar-refractivity contribution is 0.262. The Bertz CT molecular complexity index is 517. The topological polar surface area (TPSA) is 50.9 Å². The van der Waals surface area contributed by atoms with E-state index < -0.39 is 0 Å². The Kier molecular flexibility index (Phi) is 3.24. The molecule has 0 amide bonds. The Morgan fingerprint density at radius 2 is 2.06 bits per heavy atom. The van der Waals surface area contributed by atoms with Gasteiger partial charge >= 0.3 is 0 Å². The molecule has 0 radical (unpaired) electrons. The maximum atomic E-state index is 9.26. The van der Waals surface area contributed by atoms with E-state index in [-0.39, 0.29) is 12.6 Å². The highest BCUT2D eigenvalue weighted by Crippen LogP contribution is 2.23. The molecular formula is C13H17N3O. The number of aliphatic hydroxyl groups excluding tert-OH is 1. The minimum Gasteiger partial charge on any atom is -0.388 e. The van der Waals surface area contributed by atoms with Crippen molar-refractivity contribution < 1.29 is 5.11 Å². The van der Waals surface area contributed by atoms with Crippen molar-refractivity contribution in [1.82, 2.24) is 14.8 Å². The molecule has 0 aliphatic rings. The summed E-state index contributed by atoms with van der Waals surface area (Å²) in [6.45, 7) is 6.08. The van der Waals surface area contributed by atoms with Gasteiger partial charge in [-0.05, 0) is 26.8 Å². The summed E-state index contributed by atoms with van der Waals surface area (Å²) in [4.78, 5) is 0. The van der Waals surface area contributed by atoms with Gasteiger partial charge in [0.1, 0.15) is 6.61 Å². The Morgan fingerprint density at radius 1 is 1.29 bits per heavy atom. The van der Waals surface area contributed by atoms with Crippen molar-refractivity contribution in [3.05, 3.63) is 35.7 Å². The zero-order valence-electron chi connectivity index (χ0n) is 10.4. The molecule has 4 nitrogen and oxygen atoms in total. The van der Waals surface area contributed by atoms with Crippen LogP contribution >= 0.6 is 0 Å². The summed E-state index contributed by atoms with van der Waals surface area (Å²) in [5.41, 5.74) is 2.22. The van der Waals surface area contributed by atoms with Gasteiger partial charge in [0, 0.05) is 11.6 Å². The first-order chi connectivity index (χ1) is 8.13. The van der Waals surface area contributed by atoms with Gasteiger partial charge in [-0.25, -0.2) is 0 Å². The molecule has 0 bridgehead atoms. The first kappa shape index (κ1) is 11.8. The Balaban J connectivity index is 2.56. The van der Waals surface area contributed by atoms with Crippen LogP contribution in [0.3, 0.4) is 0 Å². The van der Waals surface area contributed by atoms with E-state index in [0.717, 1.165) is 11.4 Å². The van der Waals surface area contributed by atoms with Gasteiger partial charge in [-0.1, -0.05) is 23.8 Å². The molecule has 0 unspecified atom stereocenters. The molecule has 0 saturated heterocycles. The summed E-state index contributed by atoms with van der Waals surface area (Å²) in [5.74, 6) is 1.42. The molecule has 90 valence electrons. The number of hydrogen-bond donors (Lipinski definition) is 1. The second-order valence-corrected chi connectivity index (χ2v) is 4.43. The fourth-order valence-electron chi connectivity index (χ4n) is 1.96. The summed E-state index contributed by atoms with van der Waals surface area (Å²) in [5, 5.41) is 17.5. The van der Waals surface area contributed by atoms with Gasteiger partial charge in [-0.3, -0.25) is 0 Å². The molecule has 0 aliphatic carbocycles. The van der Waals surface area contributed by atoms with Crippen LogP contribution in [0, 0.1) is 6.92 Å². The maximum Gasteiger partial charge on any atom is 0.164 e. The minimum absolute atomic E-state index is 0.0863. The molecule has 0 atom stereocenters. The molecule has 0 saturated carbocycles. The standard InChI is InChI=1S/C13H17N3O/c1-9(2)16-12(8-17)14-15-13(16)11-6-4-5-10(3)7-11/h4-7,9,17H,8H2,1-3H3. The van der Waals surface area contributed by atoms with E-state index in [1.54, 1.807) is 0 Å². The van der Waals surface area contributed by atoms with Crippen LogP contribution in [0.4, 0.5) is 0 Å². The number of rotatable bonds is 3. The largest absolute Gasteiger partial charge is 0.388 e. The molecule has 17 heavy (non-hydrogen) atoms. The van der Waals surface area contributed by atoms with Gasteiger partial charge < -0.3 is 9.67 Å². The lowest BCUT2D eigenvalue weighted by Crippen LogP contribution is -2.08. The highest BCUT2D eigenvalue weighted by Gasteiger charge is 2.15. The fourth-order valence-corrected chi connectivity index (χ4v) is 1.96. The van der Waals surface area contributed by atoms with Crippen LogP contribution in [-0.2, 0) is 6.61 Å². The van der Waals surface area contributed by atoms with Crippen LogP contribution < -0.4 is 0 Å². The quantitative estimate of drug-likeness (QED) is 0.882. The predicted octanol–water partition coefficient (Wildman–Crippen LogP) is 2.33. The third-order valence-electron chi connectivity index (χ3n) is 2.70. The lowest BCUT2D eigenvalue weighted by Gasteiger charge is -2.13. The minimum atomic E-state index is -0.0863. The number of aromatic nitrogens is 3. The van der Waals surface area contributed by atoms with Gasteiger partial charge in [0.05, 0.1) is 0 Å². The van der Waals surface area contributed by atoms with E-state index in [2.05, 4.69) is 30.1 Å². The summed E-state index contributed by atoms with van der Waals surface area (Å²) in [6, 6.07) is 8.36. The van der Waals surface area contributed by atoms with E-state index in [1.165, 1.54) is 5.56 Å². The van der Waals surface area contributed by atoms with Crippen molar-refractivity contribution in [2.24, 2.45) is 0 Å². The van der Waals surface area contributed by atoms with Crippen molar-refractivity contribution in [1.29, 1.82) is 0 Å². The van der Waals surface area contributed by atoms with Gasteiger partial charge in [-0.15, -0.1) is 10.2 Å². The van der Waals surface area contributed by atoms with E-state index in [4.69, 9.17) is 0 Å². The molecule has 0 spiro atoms. The fraction of sp³-hybridized carbons (Fsp3) is 0.385. The molecule has 2 rings (SSSR count). The molecule has 2 aromatic rings. The zero-order valence-corrected chi connectivity index (χ0v) is 10.4. The Labute approximate surface area is 101 Å². The monoisotopic (exact) mass is 231 g/mol. The first-order valence-electron chi connectivity index (χ1n) is 5.75. The first-order valence-corrected chi connectivity index (χ1v) is 5.75. The highest BCUT2D eigenvalue weighted by atomic mass is 16.3. The Morgan fingerprint density at radius 3 is 2.65 bits per heavy atom. The summed E-state index contributed by atoms with van der Waals surface area (Å²) < 4.78 is 1.97. The molecule has 0 aliphatic heterocycles. The van der Waals surface area contributed by atoms with Gasteiger partial charge in [0.25, 0.3) is 0 Å². The number of hydrogen-bond acceptors (Lipinski definition) is 3. The summed E-state index contributed by atoms with van der Waals surface area (Å²) in [6.07, 6.45) is 0. The molecule has 1 N–H and O–H groups in total. The molecular weight excluding hydrogens is 214 g/mol. The molecule has 1 aromatic carbocycles. The summed E-state index contributed by atoms with van der Waals surface area (Å²) >= 11 is 0. The molecule has 4 heteroatoms. The zero-order chi connectivity index (χ0) is 12.4. The van der Waals surface area contributed by atoms with Crippen LogP contribution in [0.1, 0.15) is 31.3 Å². The second-order valence-electron chi connectivity index (χ2n) is 4.43. The number of nitrogens with zero attached hydrogens (tertiary/aromatic N) is 3. The second kappa shape index (κ2) is 4.67. The highest BCUT2D eigenvalue weighted by molar-refractivity contribution is 5.56. The van der Waals surface area contributed by atoms with Crippen LogP contribution in [0.2, 0.25) is 0 Å². The van der Waals surface area contributed by atoms with Crippen molar-refractivity contribution in [2.75, 3.05) is 0 Å². The molecule has 1 heterocycles. The maximum absolute atomic E-state index is 9.26. The number of aliphatic hydroxyl groups is 1. The van der Waals surface area contributed by atoms with Crippen molar-refractivity contribution in [3.63, 3.8) is 0 Å². The molecule has 1 aromatic heterocycles. The van der Waals surface area contributed by atoms with E-state index >= 15 is 0 Å². The Hall–Kier alpha value is -1.68. The SMILES string of the molecule is Cc1cccc(-c2nnc(CO)n2C(C)C)c1. The van der Waals surface area contributed by atoms with Gasteiger partial charge in [0.15, 0.2) is 11.6 Å². The van der Waals surface area contributed by atoms with Crippen LogP contribution in [0.25, 0.3) is 11.4 Å².